The first-order valence-corrected chi connectivity index (χ1v) is 9.93. The van der Waals surface area contributed by atoms with E-state index in [2.05, 4.69) is 34.2 Å². The van der Waals surface area contributed by atoms with Gasteiger partial charge in [-0.25, -0.2) is 0 Å². The number of non-ortho nitro benzene ring substituents is 1. The fourth-order valence-electron chi connectivity index (χ4n) is 3.22. The largest absolute Gasteiger partial charge is 0.353 e. The molecule has 1 saturated heterocycles. The molecule has 1 fully saturated rings. The number of benzene rings is 1. The van der Waals surface area contributed by atoms with Crippen molar-refractivity contribution in [2.45, 2.75) is 46.2 Å². The number of likely N-dealkylation sites (tertiary alicyclic amines) is 1. The molecule has 9 nitrogen and oxygen atoms in total. The summed E-state index contributed by atoms with van der Waals surface area (Å²) in [5.41, 5.74) is 0.687. The second kappa shape index (κ2) is 9.13. The molecule has 0 spiro atoms. The fraction of sp³-hybridized carbons (Fsp3) is 0.550. The van der Waals surface area contributed by atoms with E-state index in [9.17, 15) is 14.9 Å². The predicted molar refractivity (Wildman–Crippen MR) is 107 cm³/mol. The smallest absolute Gasteiger partial charge is 0.269 e. The van der Waals surface area contributed by atoms with Crippen molar-refractivity contribution >= 4 is 11.6 Å². The number of piperidine rings is 1. The minimum absolute atomic E-state index is 0.0205. The Hall–Kier alpha value is -2.81. The molecular weight excluding hydrogens is 374 g/mol. The molecule has 1 atom stereocenters. The second-order valence-corrected chi connectivity index (χ2v) is 7.91. The van der Waals surface area contributed by atoms with Gasteiger partial charge in [0, 0.05) is 29.7 Å². The molecule has 0 saturated carbocycles. The van der Waals surface area contributed by atoms with E-state index in [-0.39, 0.29) is 23.6 Å². The number of rotatable bonds is 7. The Morgan fingerprint density at radius 1 is 1.28 bits per heavy atom. The SMILES string of the molecule is CC(C)C(C)NC(=O)C1CCN(Cc2nc(-c3ccc([N+](=O)[O-])cc3)no2)CC1. The van der Waals surface area contributed by atoms with Crippen LogP contribution in [0.5, 0.6) is 0 Å². The molecule has 2 aromatic rings. The van der Waals surface area contributed by atoms with Crippen molar-refractivity contribution in [3.8, 4) is 11.4 Å². The third kappa shape index (κ3) is 5.38. The van der Waals surface area contributed by atoms with Gasteiger partial charge in [-0.05, 0) is 50.9 Å². The Balaban J connectivity index is 1.51. The Bertz CT molecular complexity index is 841. The summed E-state index contributed by atoms with van der Waals surface area (Å²) in [6, 6.07) is 6.23. The molecule has 3 rings (SSSR count). The molecule has 1 aliphatic heterocycles. The van der Waals surface area contributed by atoms with E-state index < -0.39 is 4.92 Å². The molecule has 9 heteroatoms. The van der Waals surface area contributed by atoms with Crippen LogP contribution in [-0.2, 0) is 11.3 Å². The van der Waals surface area contributed by atoms with Gasteiger partial charge in [-0.1, -0.05) is 19.0 Å². The van der Waals surface area contributed by atoms with E-state index in [1.807, 2.05) is 6.92 Å². The number of aromatic nitrogens is 2. The topological polar surface area (TPSA) is 114 Å². The first-order chi connectivity index (χ1) is 13.8. The lowest BCUT2D eigenvalue weighted by Crippen LogP contribution is -2.44. The van der Waals surface area contributed by atoms with Gasteiger partial charge in [-0.2, -0.15) is 4.98 Å². The summed E-state index contributed by atoms with van der Waals surface area (Å²) in [5.74, 6) is 1.51. The number of carbonyl (C=O) groups excluding carboxylic acids is 1. The monoisotopic (exact) mass is 401 g/mol. The van der Waals surface area contributed by atoms with E-state index in [0.717, 1.165) is 25.9 Å². The van der Waals surface area contributed by atoms with Crippen LogP contribution < -0.4 is 5.32 Å². The Kier molecular flexibility index (Phi) is 6.58. The number of hydrogen-bond acceptors (Lipinski definition) is 7. The van der Waals surface area contributed by atoms with Crippen molar-refractivity contribution in [3.63, 3.8) is 0 Å². The summed E-state index contributed by atoms with van der Waals surface area (Å²) in [7, 11) is 0. The summed E-state index contributed by atoms with van der Waals surface area (Å²) in [6.07, 6.45) is 1.61. The van der Waals surface area contributed by atoms with Crippen LogP contribution in [0.3, 0.4) is 0 Å². The van der Waals surface area contributed by atoms with Gasteiger partial charge in [-0.3, -0.25) is 19.8 Å². The van der Waals surface area contributed by atoms with Gasteiger partial charge in [0.25, 0.3) is 5.69 Å². The number of hydrogen-bond donors (Lipinski definition) is 1. The summed E-state index contributed by atoms with van der Waals surface area (Å²) >= 11 is 0. The van der Waals surface area contributed by atoms with Gasteiger partial charge in [0.05, 0.1) is 11.5 Å². The van der Waals surface area contributed by atoms with Crippen molar-refractivity contribution in [1.82, 2.24) is 20.4 Å². The van der Waals surface area contributed by atoms with E-state index >= 15 is 0 Å². The van der Waals surface area contributed by atoms with Gasteiger partial charge in [0.15, 0.2) is 0 Å². The average Bonchev–Trinajstić information content (AvgIpc) is 3.17. The van der Waals surface area contributed by atoms with Crippen LogP contribution in [0.4, 0.5) is 5.69 Å². The van der Waals surface area contributed by atoms with Crippen LogP contribution in [0, 0.1) is 22.0 Å². The number of nitro benzene ring substituents is 1. The third-order valence-electron chi connectivity index (χ3n) is 5.49. The lowest BCUT2D eigenvalue weighted by molar-refractivity contribution is -0.384. The van der Waals surface area contributed by atoms with Gasteiger partial charge >= 0.3 is 0 Å². The molecule has 1 aliphatic rings. The van der Waals surface area contributed by atoms with Crippen LogP contribution in [0.1, 0.15) is 39.5 Å². The fourth-order valence-corrected chi connectivity index (χ4v) is 3.22. The molecular formula is C20H27N5O4. The molecule has 1 unspecified atom stereocenters. The van der Waals surface area contributed by atoms with Crippen molar-refractivity contribution < 1.29 is 14.2 Å². The van der Waals surface area contributed by atoms with Crippen molar-refractivity contribution in [3.05, 3.63) is 40.3 Å². The highest BCUT2D eigenvalue weighted by molar-refractivity contribution is 5.79. The second-order valence-electron chi connectivity index (χ2n) is 7.91. The average molecular weight is 401 g/mol. The molecule has 1 N–H and O–H groups in total. The number of nitrogens with one attached hydrogen (secondary N) is 1. The zero-order valence-corrected chi connectivity index (χ0v) is 17.0. The lowest BCUT2D eigenvalue weighted by atomic mass is 9.95. The highest BCUT2D eigenvalue weighted by Crippen LogP contribution is 2.22. The molecule has 156 valence electrons. The first kappa shape index (κ1) is 20.9. The minimum atomic E-state index is -0.446. The van der Waals surface area contributed by atoms with Crippen LogP contribution in [-0.4, -0.2) is 45.0 Å². The maximum Gasteiger partial charge on any atom is 0.269 e. The first-order valence-electron chi connectivity index (χ1n) is 9.93. The Morgan fingerprint density at radius 2 is 1.93 bits per heavy atom. The van der Waals surface area contributed by atoms with Crippen LogP contribution in [0.25, 0.3) is 11.4 Å². The zero-order chi connectivity index (χ0) is 21.0. The molecule has 1 aromatic carbocycles. The van der Waals surface area contributed by atoms with Crippen molar-refractivity contribution in [2.24, 2.45) is 11.8 Å². The van der Waals surface area contributed by atoms with Crippen LogP contribution in [0.2, 0.25) is 0 Å². The molecule has 2 heterocycles. The molecule has 0 aliphatic carbocycles. The Morgan fingerprint density at radius 3 is 2.52 bits per heavy atom. The number of amides is 1. The van der Waals surface area contributed by atoms with E-state index in [1.165, 1.54) is 12.1 Å². The summed E-state index contributed by atoms with van der Waals surface area (Å²) in [5, 5.41) is 17.8. The number of nitrogens with zero attached hydrogens (tertiary/aromatic N) is 4. The highest BCUT2D eigenvalue weighted by Gasteiger charge is 2.27. The van der Waals surface area contributed by atoms with E-state index in [0.29, 0.717) is 29.7 Å². The van der Waals surface area contributed by atoms with Gasteiger partial charge in [-0.15, -0.1) is 0 Å². The summed E-state index contributed by atoms with van der Waals surface area (Å²) < 4.78 is 5.34. The van der Waals surface area contributed by atoms with Crippen molar-refractivity contribution in [1.29, 1.82) is 0 Å². The number of carbonyl (C=O) groups is 1. The standard InChI is InChI=1S/C20H27N5O4/c1-13(2)14(3)21-20(26)16-8-10-24(11-9-16)12-18-22-19(23-29-18)15-4-6-17(7-5-15)25(27)28/h4-7,13-14,16H,8-12H2,1-3H3,(H,21,26). The summed E-state index contributed by atoms with van der Waals surface area (Å²) in [6.45, 7) is 8.35. The molecule has 0 bridgehead atoms. The maximum atomic E-state index is 12.4. The maximum absolute atomic E-state index is 12.4. The quantitative estimate of drug-likeness (QED) is 0.560. The molecule has 0 radical (unpaired) electrons. The zero-order valence-electron chi connectivity index (χ0n) is 17.0. The molecule has 29 heavy (non-hydrogen) atoms. The highest BCUT2D eigenvalue weighted by atomic mass is 16.6. The van der Waals surface area contributed by atoms with Crippen LogP contribution >= 0.6 is 0 Å². The van der Waals surface area contributed by atoms with Crippen molar-refractivity contribution in [2.75, 3.05) is 13.1 Å². The Labute approximate surface area is 169 Å². The lowest BCUT2D eigenvalue weighted by Gasteiger charge is -2.31. The molecule has 1 aromatic heterocycles. The minimum Gasteiger partial charge on any atom is -0.353 e. The molecule has 1 amide bonds. The van der Waals surface area contributed by atoms with E-state index in [4.69, 9.17) is 4.52 Å². The third-order valence-corrected chi connectivity index (χ3v) is 5.49. The predicted octanol–water partition coefficient (Wildman–Crippen LogP) is 3.02. The van der Waals surface area contributed by atoms with Crippen LogP contribution in [0.15, 0.2) is 28.8 Å². The van der Waals surface area contributed by atoms with Gasteiger partial charge < -0.3 is 9.84 Å². The van der Waals surface area contributed by atoms with Gasteiger partial charge in [0.1, 0.15) is 0 Å². The normalized spacial score (nSPS) is 16.7. The van der Waals surface area contributed by atoms with E-state index in [1.54, 1.807) is 12.1 Å². The van der Waals surface area contributed by atoms with Gasteiger partial charge in [0.2, 0.25) is 17.6 Å². The summed E-state index contributed by atoms with van der Waals surface area (Å²) in [4.78, 5) is 29.3. The number of nitro groups is 1.